The molecule has 310 valence electrons. The SMILES string of the molecule is COc1cc2c(cc1OC1CCN(C3CCN(C)CC3)CC1)C[C@@H](CCC(C)(C)C)C1C2CCC2(C)C(=O)CCC12.NC=O.[B]C(C)(F)C(F)(F)CCCS. The summed E-state index contributed by atoms with van der Waals surface area (Å²) in [5, 5.41) is 0. The second-order valence-corrected chi connectivity index (χ2v) is 19.1. The molecule has 1 aromatic carbocycles. The number of thiol groups is 1. The number of ether oxygens (including phenoxy) is 2. The molecule has 0 aromatic heterocycles. The van der Waals surface area contributed by atoms with E-state index < -0.39 is 17.9 Å². The topological polar surface area (TPSA) is 85.1 Å². The minimum absolute atomic E-state index is 0.103. The van der Waals surface area contributed by atoms with Crippen LogP contribution >= 0.6 is 12.6 Å². The van der Waals surface area contributed by atoms with Crippen LogP contribution in [0.1, 0.15) is 129 Å². The van der Waals surface area contributed by atoms with Gasteiger partial charge in [0.25, 0.3) is 5.92 Å². The fraction of sp³-hybridized carbons (Fsp3) is 0.814. The summed E-state index contributed by atoms with van der Waals surface area (Å²) in [7, 11) is 8.66. The number of primary amides is 1. The number of halogens is 3. The van der Waals surface area contributed by atoms with Crippen molar-refractivity contribution in [3.05, 3.63) is 23.3 Å². The van der Waals surface area contributed by atoms with Gasteiger partial charge in [0.15, 0.2) is 11.5 Å². The maximum atomic E-state index is 13.1. The Kier molecular flexibility index (Phi) is 16.0. The monoisotopic (exact) mass is 792 g/mol. The summed E-state index contributed by atoms with van der Waals surface area (Å²) in [5.74, 6) is 1.57. The fourth-order valence-electron chi connectivity index (χ4n) is 10.2. The van der Waals surface area contributed by atoms with Crippen molar-refractivity contribution >= 4 is 32.7 Å². The van der Waals surface area contributed by atoms with Crippen molar-refractivity contribution in [1.29, 1.82) is 0 Å². The van der Waals surface area contributed by atoms with Crippen molar-refractivity contribution in [2.24, 2.45) is 34.3 Å². The third kappa shape index (κ3) is 11.4. The molecule has 2 saturated heterocycles. The first-order valence-corrected chi connectivity index (χ1v) is 21.4. The van der Waals surface area contributed by atoms with Crippen LogP contribution < -0.4 is 15.2 Å². The molecule has 2 aliphatic heterocycles. The molecule has 5 aliphatic rings. The van der Waals surface area contributed by atoms with Crippen LogP contribution in [0.5, 0.6) is 11.5 Å². The minimum Gasteiger partial charge on any atom is -0.493 e. The molecule has 2 saturated carbocycles. The molecule has 3 aliphatic carbocycles. The van der Waals surface area contributed by atoms with Crippen molar-refractivity contribution in [3.8, 4) is 11.5 Å². The average molecular weight is 792 g/mol. The molecule has 0 bridgehead atoms. The van der Waals surface area contributed by atoms with E-state index in [1.165, 1.54) is 49.9 Å². The molecule has 55 heavy (non-hydrogen) atoms. The second kappa shape index (κ2) is 19.2. The molecular formula is C43H69BF3N3O4S. The van der Waals surface area contributed by atoms with Crippen LogP contribution in [0.3, 0.4) is 0 Å². The van der Waals surface area contributed by atoms with Crippen molar-refractivity contribution in [1.82, 2.24) is 9.80 Å². The highest BCUT2D eigenvalue weighted by Crippen LogP contribution is 2.62. The Balaban J connectivity index is 0.000000412. The number of nitrogens with zero attached hydrogens (tertiary/aromatic N) is 2. The molecule has 1 aromatic rings. The quantitative estimate of drug-likeness (QED) is 0.141. The number of methoxy groups -OCH3 is 1. The van der Waals surface area contributed by atoms with E-state index in [4.69, 9.17) is 14.3 Å². The predicted molar refractivity (Wildman–Crippen MR) is 219 cm³/mol. The van der Waals surface area contributed by atoms with Crippen molar-refractivity contribution in [2.45, 2.75) is 148 Å². The fourth-order valence-corrected chi connectivity index (χ4v) is 10.3. The number of nitrogens with two attached hydrogens (primary N) is 1. The lowest BCUT2D eigenvalue weighted by molar-refractivity contribution is -0.130. The molecule has 4 fully saturated rings. The van der Waals surface area contributed by atoms with Crippen molar-refractivity contribution < 1.29 is 32.2 Å². The number of likely N-dealkylation sites (tertiary alicyclic amines) is 2. The lowest BCUT2D eigenvalue weighted by Gasteiger charge is -2.52. The average Bonchev–Trinajstić information content (AvgIpc) is 3.43. The Morgan fingerprint density at radius 2 is 1.64 bits per heavy atom. The summed E-state index contributed by atoms with van der Waals surface area (Å²) in [4.78, 5) is 26.9. The number of carbonyl (C=O) groups excluding carboxylic acids is 2. The number of amides is 1. The summed E-state index contributed by atoms with van der Waals surface area (Å²) in [5.41, 5.74) is 4.45. The van der Waals surface area contributed by atoms with Crippen LogP contribution in [0.25, 0.3) is 0 Å². The van der Waals surface area contributed by atoms with E-state index in [0.29, 0.717) is 47.5 Å². The van der Waals surface area contributed by atoms with Crippen molar-refractivity contribution in [2.75, 3.05) is 46.1 Å². The van der Waals surface area contributed by atoms with Gasteiger partial charge in [-0.25, -0.2) is 13.2 Å². The van der Waals surface area contributed by atoms with Gasteiger partial charge < -0.3 is 25.0 Å². The Labute approximate surface area is 336 Å². The van der Waals surface area contributed by atoms with Gasteiger partial charge in [-0.3, -0.25) is 9.59 Å². The van der Waals surface area contributed by atoms with E-state index in [2.05, 4.69) is 82.9 Å². The lowest BCUT2D eigenvalue weighted by Crippen LogP contribution is -2.48. The Hall–Kier alpha value is -1.92. The summed E-state index contributed by atoms with van der Waals surface area (Å²) in [6, 6.07) is 5.46. The van der Waals surface area contributed by atoms with Gasteiger partial charge in [0, 0.05) is 37.4 Å². The van der Waals surface area contributed by atoms with Gasteiger partial charge in [0.2, 0.25) is 6.41 Å². The third-order valence-electron chi connectivity index (χ3n) is 13.5. The van der Waals surface area contributed by atoms with Crippen LogP contribution in [0, 0.1) is 28.6 Å². The number of Topliss-reactive ketones (excluding diaryl/α,β-unsaturated/α-hetero) is 1. The number of benzene rings is 1. The standard InChI is InChI=1S/C36H56N2O3.C6H10BF3S.CH3NO/c1-35(2,3)15-9-24-21-25-22-32(41-27-13-19-38(20-14-27)26-11-17-37(5)18-12-26)31(40-6)23-29(25)28-10-16-36(4)30(34(24)28)7-8-33(36)39;1-5(7,8)6(9,10)3-2-4-11;2-1-3/h22-24,26-28,30,34H,7-21H2,1-6H3;11H,2-4H2,1H3;1H,(H2,2,3)/t24-,28?,30?,34?,36?;;/m1../s1. The predicted octanol–water partition coefficient (Wildman–Crippen LogP) is 8.40. The van der Waals surface area contributed by atoms with Gasteiger partial charge >= 0.3 is 0 Å². The summed E-state index contributed by atoms with van der Waals surface area (Å²) in [6.07, 6.45) is 12.6. The molecule has 6 rings (SSSR count). The van der Waals surface area contributed by atoms with Gasteiger partial charge in [-0.15, -0.1) is 0 Å². The number of hydrogen-bond donors (Lipinski definition) is 2. The Bertz CT molecular complexity index is 1410. The normalized spacial score (nSPS) is 29.0. The van der Waals surface area contributed by atoms with E-state index in [1.807, 2.05) is 0 Å². The molecule has 5 unspecified atom stereocenters. The third-order valence-corrected chi connectivity index (χ3v) is 13.8. The highest BCUT2D eigenvalue weighted by atomic mass is 32.1. The van der Waals surface area contributed by atoms with E-state index in [1.54, 1.807) is 7.11 Å². The van der Waals surface area contributed by atoms with E-state index in [0.717, 1.165) is 75.6 Å². The number of carbonyl (C=O) groups is 2. The number of alkyl halides is 3. The molecule has 2 heterocycles. The first-order chi connectivity index (χ1) is 25.8. The number of piperidine rings is 2. The summed E-state index contributed by atoms with van der Waals surface area (Å²) < 4.78 is 50.4. The zero-order valence-corrected chi connectivity index (χ0v) is 35.6. The van der Waals surface area contributed by atoms with Crippen LogP contribution in [0.2, 0.25) is 0 Å². The molecule has 1 amide bonds. The lowest BCUT2D eigenvalue weighted by atomic mass is 9.52. The van der Waals surface area contributed by atoms with Gasteiger partial charge in [-0.05, 0) is 156 Å². The summed E-state index contributed by atoms with van der Waals surface area (Å²) >= 11 is 3.73. The first kappa shape index (κ1) is 45.8. The molecule has 2 N–H and O–H groups in total. The Morgan fingerprint density at radius 1 is 1.00 bits per heavy atom. The number of rotatable bonds is 10. The van der Waals surface area contributed by atoms with Crippen LogP contribution in [0.15, 0.2) is 12.1 Å². The van der Waals surface area contributed by atoms with Gasteiger partial charge in [0.1, 0.15) is 25.3 Å². The minimum atomic E-state index is -3.45. The number of hydrogen-bond acceptors (Lipinski definition) is 7. The number of ketones is 1. The maximum absolute atomic E-state index is 13.1. The van der Waals surface area contributed by atoms with Gasteiger partial charge in [-0.2, -0.15) is 12.6 Å². The highest BCUT2D eigenvalue weighted by molar-refractivity contribution is 7.80. The van der Waals surface area contributed by atoms with Gasteiger partial charge in [-0.1, -0.05) is 27.7 Å². The Morgan fingerprint density at radius 3 is 2.20 bits per heavy atom. The van der Waals surface area contributed by atoms with Gasteiger partial charge in [0.05, 0.1) is 7.11 Å². The molecule has 2 radical (unpaired) electrons. The van der Waals surface area contributed by atoms with E-state index in [9.17, 15) is 18.0 Å². The second-order valence-electron chi connectivity index (χ2n) is 18.6. The van der Waals surface area contributed by atoms with E-state index >= 15 is 0 Å². The van der Waals surface area contributed by atoms with Crippen LogP contribution in [-0.4, -0.2) is 99.6 Å². The molecular weight excluding hydrogens is 722 g/mol. The highest BCUT2D eigenvalue weighted by Gasteiger charge is 2.57. The molecule has 12 heteroatoms. The molecule has 7 nitrogen and oxygen atoms in total. The van der Waals surface area contributed by atoms with Crippen molar-refractivity contribution in [3.63, 3.8) is 0 Å². The van der Waals surface area contributed by atoms with E-state index in [-0.39, 0.29) is 24.3 Å². The van der Waals surface area contributed by atoms with Crippen LogP contribution in [0.4, 0.5) is 13.2 Å². The van der Waals surface area contributed by atoms with Crippen LogP contribution in [-0.2, 0) is 16.0 Å². The summed E-state index contributed by atoms with van der Waals surface area (Å²) in [6.45, 7) is 14.8. The molecule has 6 atom stereocenters. The largest absolute Gasteiger partial charge is 0.493 e. The smallest absolute Gasteiger partial charge is 0.272 e. The maximum Gasteiger partial charge on any atom is 0.272 e. The first-order valence-electron chi connectivity index (χ1n) is 20.7. The number of fused-ring (bicyclic) bond motifs is 5. The zero-order valence-electron chi connectivity index (χ0n) is 34.7. The zero-order chi connectivity index (χ0) is 40.8. The molecule has 0 spiro atoms.